The van der Waals surface area contributed by atoms with Crippen LogP contribution in [0.25, 0.3) is 22.0 Å². The maximum atomic E-state index is 15.4. The number of carbonyl (C=O) groups excluding carboxylic acids is 1. The van der Waals surface area contributed by atoms with Gasteiger partial charge in [-0.05, 0) is 12.5 Å². The van der Waals surface area contributed by atoms with Crippen LogP contribution < -0.4 is 14.8 Å². The van der Waals surface area contributed by atoms with Crippen LogP contribution in [-0.4, -0.2) is 36.6 Å². The third-order valence-electron chi connectivity index (χ3n) is 5.84. The van der Waals surface area contributed by atoms with Crippen molar-refractivity contribution in [1.29, 1.82) is 0 Å². The maximum absolute atomic E-state index is 15.4. The summed E-state index contributed by atoms with van der Waals surface area (Å²) in [4.78, 5) is 14.5. The summed E-state index contributed by atoms with van der Waals surface area (Å²) >= 11 is 0. The number of H-pyrrole nitrogens is 1. The molecule has 4 aromatic rings. The second kappa shape index (κ2) is 8.82. The van der Waals surface area contributed by atoms with Crippen LogP contribution in [0, 0.1) is 17.5 Å². The Bertz CT molecular complexity index is 1620. The summed E-state index contributed by atoms with van der Waals surface area (Å²) in [5.74, 6) is -3.32. The van der Waals surface area contributed by atoms with Crippen LogP contribution in [0.3, 0.4) is 0 Å². The number of nitrogens with zero attached hydrogens (tertiary/aromatic N) is 2. The Balaban J connectivity index is 1.53. The van der Waals surface area contributed by atoms with Gasteiger partial charge < -0.3 is 10.1 Å². The van der Waals surface area contributed by atoms with Gasteiger partial charge in [0.15, 0.2) is 16.5 Å². The van der Waals surface area contributed by atoms with E-state index in [9.17, 15) is 17.6 Å². The van der Waals surface area contributed by atoms with E-state index in [2.05, 4.69) is 20.5 Å². The number of carbonyl (C=O) groups is 1. The number of methoxy groups -OCH3 is 1. The first-order valence-corrected chi connectivity index (χ1v) is 12.1. The number of nitrogens with one attached hydrogen (secondary N) is 3. The molecule has 0 bridgehead atoms. The second-order valence-electron chi connectivity index (χ2n) is 8.05. The molecule has 1 atom stereocenters. The van der Waals surface area contributed by atoms with Crippen molar-refractivity contribution in [2.75, 3.05) is 11.8 Å². The van der Waals surface area contributed by atoms with Crippen LogP contribution in [0.2, 0.25) is 0 Å². The molecule has 3 N–H and O–H groups in total. The third-order valence-corrected chi connectivity index (χ3v) is 7.20. The Hall–Kier alpha value is -4.13. The normalized spacial score (nSPS) is 15.8. The zero-order chi connectivity index (χ0) is 25.6. The van der Waals surface area contributed by atoms with Crippen molar-refractivity contribution in [1.82, 2.24) is 20.5 Å². The average Bonchev–Trinajstić information content (AvgIpc) is 3.47. The number of sulfonamides is 1. The molecule has 5 rings (SSSR count). The largest absolute Gasteiger partial charge is 0.480 e. The molecular weight excluding hydrogens is 499 g/mol. The molecule has 1 fully saturated rings. The van der Waals surface area contributed by atoms with E-state index >= 15 is 8.78 Å². The molecule has 0 saturated carbocycles. The molecule has 1 aliphatic heterocycles. The molecule has 1 saturated heterocycles. The number of anilines is 1. The SMILES string of the molecule is COc1ncc(F)cc1S(=O)(=O)Nc1cccc(-c2ccc3c(C4CCC(=O)N4)[nH]nc3c2F)c1F. The lowest BCUT2D eigenvalue weighted by molar-refractivity contribution is -0.119. The fourth-order valence-corrected chi connectivity index (χ4v) is 5.34. The molecule has 9 nitrogen and oxygen atoms in total. The number of rotatable bonds is 6. The summed E-state index contributed by atoms with van der Waals surface area (Å²) in [6.45, 7) is 0. The number of hydrogen-bond donors (Lipinski definition) is 3. The van der Waals surface area contributed by atoms with Crippen molar-refractivity contribution in [2.24, 2.45) is 0 Å². The molecule has 0 radical (unpaired) electrons. The minimum absolute atomic E-state index is 0.0513. The van der Waals surface area contributed by atoms with Gasteiger partial charge >= 0.3 is 0 Å². The summed E-state index contributed by atoms with van der Waals surface area (Å²) in [5.41, 5.74) is -0.377. The Morgan fingerprint density at radius 1 is 1.11 bits per heavy atom. The minimum atomic E-state index is -4.52. The lowest BCUT2D eigenvalue weighted by Crippen LogP contribution is -2.18. The van der Waals surface area contributed by atoms with E-state index in [1.54, 1.807) is 6.07 Å². The van der Waals surface area contributed by atoms with Gasteiger partial charge in [-0.15, -0.1) is 0 Å². The molecule has 1 aliphatic rings. The summed E-state index contributed by atoms with van der Waals surface area (Å²) in [6, 6.07) is 7.02. The quantitative estimate of drug-likeness (QED) is 0.357. The Morgan fingerprint density at radius 3 is 2.61 bits per heavy atom. The van der Waals surface area contributed by atoms with E-state index in [1.165, 1.54) is 18.2 Å². The summed E-state index contributed by atoms with van der Waals surface area (Å²) in [7, 11) is -3.37. The standard InChI is InChI=1S/C23H18F3N5O4S/c1-35-23-17(9-11(24)10-27-23)36(33,34)31-15-4-2-3-12(19(15)25)13-5-6-14-21(16-7-8-18(32)28-16)29-30-22(14)20(13)26/h2-6,9-10,16,31H,7-8H2,1H3,(H,28,32)(H,29,30). The molecule has 13 heteroatoms. The van der Waals surface area contributed by atoms with E-state index in [0.29, 0.717) is 30.0 Å². The number of aromatic nitrogens is 3. The summed E-state index contributed by atoms with van der Waals surface area (Å²) in [5, 5.41) is 9.98. The predicted octanol–water partition coefficient (Wildman–Crippen LogP) is 3.80. The van der Waals surface area contributed by atoms with Crippen molar-refractivity contribution in [3.8, 4) is 17.0 Å². The summed E-state index contributed by atoms with van der Waals surface area (Å²) < 4.78 is 77.2. The number of ether oxygens (including phenoxy) is 1. The number of amides is 1. The molecule has 36 heavy (non-hydrogen) atoms. The van der Waals surface area contributed by atoms with E-state index in [-0.39, 0.29) is 34.5 Å². The van der Waals surface area contributed by atoms with Crippen LogP contribution in [0.5, 0.6) is 5.88 Å². The van der Waals surface area contributed by atoms with Crippen molar-refractivity contribution >= 4 is 32.5 Å². The number of fused-ring (bicyclic) bond motifs is 1. The fraction of sp³-hybridized carbons (Fsp3) is 0.174. The molecule has 1 amide bonds. The van der Waals surface area contributed by atoms with Crippen molar-refractivity contribution in [2.45, 2.75) is 23.8 Å². The average molecular weight is 517 g/mol. The number of aromatic amines is 1. The first-order chi connectivity index (χ1) is 17.2. The van der Waals surface area contributed by atoms with Gasteiger partial charge in [0.25, 0.3) is 10.0 Å². The minimum Gasteiger partial charge on any atom is -0.480 e. The van der Waals surface area contributed by atoms with Crippen LogP contribution in [0.4, 0.5) is 18.9 Å². The molecular formula is C23H18F3N5O4S. The van der Waals surface area contributed by atoms with E-state index < -0.39 is 38.1 Å². The van der Waals surface area contributed by atoms with Gasteiger partial charge in [0.1, 0.15) is 11.3 Å². The number of halogens is 3. The predicted molar refractivity (Wildman–Crippen MR) is 123 cm³/mol. The molecule has 3 heterocycles. The van der Waals surface area contributed by atoms with Gasteiger partial charge in [-0.2, -0.15) is 5.10 Å². The highest BCUT2D eigenvalue weighted by molar-refractivity contribution is 7.92. The third kappa shape index (κ3) is 4.00. The molecule has 2 aromatic carbocycles. The topological polar surface area (TPSA) is 126 Å². The molecule has 2 aromatic heterocycles. The highest BCUT2D eigenvalue weighted by atomic mass is 32.2. The van der Waals surface area contributed by atoms with E-state index in [1.807, 2.05) is 4.72 Å². The van der Waals surface area contributed by atoms with Gasteiger partial charge in [0.05, 0.1) is 30.7 Å². The zero-order valence-corrected chi connectivity index (χ0v) is 19.4. The van der Waals surface area contributed by atoms with Gasteiger partial charge in [0.2, 0.25) is 11.8 Å². The Labute approximate surface area is 202 Å². The van der Waals surface area contributed by atoms with Gasteiger partial charge in [-0.1, -0.05) is 24.3 Å². The van der Waals surface area contributed by atoms with Crippen molar-refractivity contribution in [3.05, 3.63) is 65.7 Å². The van der Waals surface area contributed by atoms with Gasteiger partial charge in [0, 0.05) is 29.0 Å². The van der Waals surface area contributed by atoms with Crippen molar-refractivity contribution in [3.63, 3.8) is 0 Å². The first kappa shape index (κ1) is 23.6. The van der Waals surface area contributed by atoms with Crippen LogP contribution in [0.15, 0.2) is 47.5 Å². The number of benzene rings is 2. The molecule has 186 valence electrons. The van der Waals surface area contributed by atoms with Crippen LogP contribution in [-0.2, 0) is 14.8 Å². The Morgan fingerprint density at radius 2 is 1.89 bits per heavy atom. The van der Waals surface area contributed by atoms with Crippen LogP contribution >= 0.6 is 0 Å². The lowest BCUT2D eigenvalue weighted by atomic mass is 10.00. The maximum Gasteiger partial charge on any atom is 0.267 e. The highest BCUT2D eigenvalue weighted by Crippen LogP contribution is 2.36. The fourth-order valence-electron chi connectivity index (χ4n) is 4.14. The lowest BCUT2D eigenvalue weighted by Gasteiger charge is -2.14. The molecule has 0 spiro atoms. The van der Waals surface area contributed by atoms with Crippen LogP contribution in [0.1, 0.15) is 24.6 Å². The van der Waals surface area contributed by atoms with E-state index in [4.69, 9.17) is 4.74 Å². The smallest absolute Gasteiger partial charge is 0.267 e. The Kier molecular flexibility index (Phi) is 5.79. The highest BCUT2D eigenvalue weighted by Gasteiger charge is 2.28. The molecule has 0 aliphatic carbocycles. The number of pyridine rings is 1. The monoisotopic (exact) mass is 517 g/mol. The second-order valence-corrected chi connectivity index (χ2v) is 9.70. The van der Waals surface area contributed by atoms with Gasteiger partial charge in [-0.3, -0.25) is 14.6 Å². The summed E-state index contributed by atoms with van der Waals surface area (Å²) in [6.07, 6.45) is 1.65. The van der Waals surface area contributed by atoms with Gasteiger partial charge in [-0.25, -0.2) is 26.6 Å². The van der Waals surface area contributed by atoms with E-state index in [0.717, 1.165) is 19.4 Å². The van der Waals surface area contributed by atoms with Crippen molar-refractivity contribution < 1.29 is 31.1 Å². The zero-order valence-electron chi connectivity index (χ0n) is 18.6. The first-order valence-electron chi connectivity index (χ1n) is 10.7. The number of hydrogen-bond acceptors (Lipinski definition) is 6. The molecule has 1 unspecified atom stereocenters.